The number of benzene rings is 7. The van der Waals surface area contributed by atoms with Crippen molar-refractivity contribution in [2.75, 3.05) is 0 Å². The fourth-order valence-corrected chi connectivity index (χ4v) is 8.83. The Morgan fingerprint density at radius 2 is 1.27 bits per heavy atom. The summed E-state index contributed by atoms with van der Waals surface area (Å²) >= 11 is 0. The summed E-state index contributed by atoms with van der Waals surface area (Å²) in [6.45, 7) is 15.3. The van der Waals surface area contributed by atoms with E-state index in [0.29, 0.717) is 17.0 Å². The highest BCUT2D eigenvalue weighted by Crippen LogP contribution is 2.45. The molecule has 0 amide bonds. The number of rotatable bonds is 9. The molecule has 4 nitrogen and oxygen atoms in total. The number of imidazole rings is 1. The summed E-state index contributed by atoms with van der Waals surface area (Å²) in [5.41, 5.74) is 17.8. The molecule has 0 unspecified atom stereocenters. The first-order chi connectivity index (χ1) is 32.0. The third kappa shape index (κ3) is 8.05. The number of hydrogen-bond acceptors (Lipinski definition) is 3. The molecule has 0 saturated heterocycles. The number of nitrogens with zero attached hydrogens (tertiary/aromatic N) is 3. The molecule has 0 fully saturated rings. The Morgan fingerprint density at radius 3 is 1.92 bits per heavy atom. The van der Waals surface area contributed by atoms with Crippen LogP contribution < -0.4 is 0 Å². The number of para-hydroxylation sites is 1. The van der Waals surface area contributed by atoms with Gasteiger partial charge in [0.2, 0.25) is 0 Å². The van der Waals surface area contributed by atoms with Crippen LogP contribution in [0.3, 0.4) is 0 Å². The summed E-state index contributed by atoms with van der Waals surface area (Å²) in [5, 5.41) is 12.4. The fourth-order valence-electron chi connectivity index (χ4n) is 8.83. The van der Waals surface area contributed by atoms with Crippen LogP contribution in [0.15, 0.2) is 164 Å². The van der Waals surface area contributed by atoms with E-state index in [-0.39, 0.29) is 23.0 Å². The average Bonchev–Trinajstić information content (AvgIpc) is 3.71. The second-order valence-electron chi connectivity index (χ2n) is 18.7. The third-order valence-electron chi connectivity index (χ3n) is 12.5. The number of aromatic hydroxyl groups is 1. The van der Waals surface area contributed by atoms with Crippen LogP contribution >= 0.6 is 0 Å². The Hall–Kier alpha value is -7.04. The van der Waals surface area contributed by atoms with E-state index < -0.39 is 6.85 Å². The number of fused-ring (bicyclic) bond motifs is 1. The Kier molecular flexibility index (Phi) is 10.2. The first kappa shape index (κ1) is 38.6. The van der Waals surface area contributed by atoms with Crippen LogP contribution in [0.2, 0.25) is 0 Å². The summed E-state index contributed by atoms with van der Waals surface area (Å²) in [5.74, 6) is 1.20. The van der Waals surface area contributed by atoms with Gasteiger partial charge in [-0.15, -0.1) is 0 Å². The van der Waals surface area contributed by atoms with Crippen molar-refractivity contribution < 1.29 is 9.22 Å². The Bertz CT molecular complexity index is 3270. The molecule has 0 aliphatic carbocycles. The second kappa shape index (κ2) is 16.9. The van der Waals surface area contributed by atoms with Crippen molar-refractivity contribution in [1.29, 1.82) is 0 Å². The van der Waals surface area contributed by atoms with Gasteiger partial charge in [0, 0.05) is 27.0 Å². The molecular formula is C60H57N3O. The van der Waals surface area contributed by atoms with Gasteiger partial charge in [0.25, 0.3) is 0 Å². The van der Waals surface area contributed by atoms with Crippen molar-refractivity contribution >= 4 is 11.0 Å². The summed E-state index contributed by atoms with van der Waals surface area (Å²) in [4.78, 5) is 10.6. The number of aryl methyl sites for hydroxylation is 2. The van der Waals surface area contributed by atoms with Crippen molar-refractivity contribution in [3.05, 3.63) is 192 Å². The van der Waals surface area contributed by atoms with Crippen LogP contribution in [-0.4, -0.2) is 19.6 Å². The van der Waals surface area contributed by atoms with Crippen molar-refractivity contribution in [3.63, 3.8) is 0 Å². The maximum Gasteiger partial charge on any atom is 0.149 e. The lowest BCUT2D eigenvalue weighted by Gasteiger charge is -2.22. The van der Waals surface area contributed by atoms with Crippen molar-refractivity contribution in [3.8, 4) is 78.6 Å². The smallest absolute Gasteiger partial charge is 0.149 e. The zero-order valence-electron chi connectivity index (χ0n) is 41.0. The highest BCUT2D eigenvalue weighted by Gasteiger charge is 2.26. The number of hydrogen-bond donors (Lipinski definition) is 1. The molecule has 0 aliphatic heterocycles. The van der Waals surface area contributed by atoms with Gasteiger partial charge in [-0.05, 0) is 135 Å². The van der Waals surface area contributed by atoms with E-state index >= 15 is 0 Å². The van der Waals surface area contributed by atoms with E-state index in [0.717, 1.165) is 94.7 Å². The molecule has 0 aliphatic rings. The van der Waals surface area contributed by atoms with Crippen molar-refractivity contribution in [2.24, 2.45) is 0 Å². The molecule has 0 atom stereocenters. The molecule has 9 rings (SSSR count). The van der Waals surface area contributed by atoms with Gasteiger partial charge in [-0.2, -0.15) is 0 Å². The molecule has 2 aromatic heterocycles. The highest BCUT2D eigenvalue weighted by atomic mass is 16.3. The molecule has 9 aromatic rings. The number of aromatic nitrogens is 3. The van der Waals surface area contributed by atoms with E-state index in [2.05, 4.69) is 175 Å². The first-order valence-electron chi connectivity index (χ1n) is 23.8. The van der Waals surface area contributed by atoms with E-state index in [1.807, 2.05) is 36.5 Å². The van der Waals surface area contributed by atoms with Crippen LogP contribution in [0, 0.1) is 13.8 Å². The van der Waals surface area contributed by atoms with E-state index in [1.165, 1.54) is 0 Å². The minimum atomic E-state index is -2.17. The molecule has 318 valence electrons. The van der Waals surface area contributed by atoms with Gasteiger partial charge in [-0.25, -0.2) is 4.98 Å². The van der Waals surface area contributed by atoms with Crippen LogP contribution in [0.1, 0.15) is 92.2 Å². The van der Waals surface area contributed by atoms with Crippen LogP contribution in [0.25, 0.3) is 83.9 Å². The molecule has 0 spiro atoms. The molecular weight excluding hydrogens is 779 g/mol. The zero-order chi connectivity index (χ0) is 47.4. The lowest BCUT2D eigenvalue weighted by Crippen LogP contribution is -2.11. The normalized spacial score (nSPS) is 12.8. The second-order valence-corrected chi connectivity index (χ2v) is 18.7. The minimum absolute atomic E-state index is 0.0778. The first-order valence-corrected chi connectivity index (χ1v) is 22.3. The molecule has 2 heterocycles. The van der Waals surface area contributed by atoms with Gasteiger partial charge in [0.15, 0.2) is 0 Å². The molecule has 64 heavy (non-hydrogen) atoms. The molecule has 4 heteroatoms. The van der Waals surface area contributed by atoms with E-state index in [4.69, 9.17) is 14.1 Å². The van der Waals surface area contributed by atoms with Crippen LogP contribution in [0.5, 0.6) is 5.75 Å². The fraction of sp³-hybridized carbons (Fsp3) is 0.200. The van der Waals surface area contributed by atoms with Gasteiger partial charge in [0.1, 0.15) is 11.6 Å². The highest BCUT2D eigenvalue weighted by molar-refractivity contribution is 5.98. The molecule has 0 saturated carbocycles. The molecule has 1 N–H and O–H groups in total. The van der Waals surface area contributed by atoms with Gasteiger partial charge in [-0.3, -0.25) is 9.55 Å². The molecule has 0 bridgehead atoms. The monoisotopic (exact) mass is 838 g/mol. The van der Waals surface area contributed by atoms with Crippen molar-refractivity contribution in [1.82, 2.24) is 14.5 Å². The molecule has 0 radical (unpaired) electrons. The molecule has 7 aromatic carbocycles. The topological polar surface area (TPSA) is 50.9 Å². The lowest BCUT2D eigenvalue weighted by atomic mass is 9.83. The lowest BCUT2D eigenvalue weighted by molar-refractivity contribution is 0.466. The van der Waals surface area contributed by atoms with Gasteiger partial charge >= 0.3 is 0 Å². The number of phenolic OH excluding ortho intramolecular Hbond substituents is 1. The quantitative estimate of drug-likeness (QED) is 0.158. The van der Waals surface area contributed by atoms with E-state index in [9.17, 15) is 5.11 Å². The van der Waals surface area contributed by atoms with Gasteiger partial charge in [-0.1, -0.05) is 163 Å². The Labute approximate surface area is 383 Å². The van der Waals surface area contributed by atoms with Gasteiger partial charge < -0.3 is 5.11 Å². The third-order valence-corrected chi connectivity index (χ3v) is 12.5. The SMILES string of the molecule is [2H]C([2H])([2H])c1ccc(-c2ccnc(-c3cc(-c4cccc5c4nc(-c4cc(C(C)C)cc(C(C)C)c4O)n5-c4cc(-c5ccccc5)c(C)cc4-c4ccccc4)cc(C(C)(C)C)c3)c2)cc1. The predicted molar refractivity (Wildman–Crippen MR) is 269 cm³/mol. The summed E-state index contributed by atoms with van der Waals surface area (Å²) in [6, 6.07) is 54.2. The Morgan fingerprint density at radius 1 is 0.578 bits per heavy atom. The zero-order valence-corrected chi connectivity index (χ0v) is 38.0. The predicted octanol–water partition coefficient (Wildman–Crippen LogP) is 16.3. The van der Waals surface area contributed by atoms with Crippen molar-refractivity contribution in [2.45, 2.75) is 79.5 Å². The maximum absolute atomic E-state index is 12.4. The standard InChI is InChI=1S/C60H57N3O/c1-37(2)45-33-50(38(3)4)58(64)53(34-45)59-62-57-49(46-30-47(32-48(31-46)60(7,8)9)54-35-44(27-28-61-54)41-25-23-39(5)24-26-41)21-16-22-55(57)63(59)56-36-51(42-17-12-10-13-18-42)40(6)29-52(56)43-19-14-11-15-20-43/h10-38,64H,1-9H3/i5D3. The van der Waals surface area contributed by atoms with Crippen LogP contribution in [0.4, 0.5) is 0 Å². The minimum Gasteiger partial charge on any atom is -0.507 e. The largest absolute Gasteiger partial charge is 0.507 e. The van der Waals surface area contributed by atoms with E-state index in [1.54, 1.807) is 12.1 Å². The number of pyridine rings is 1. The summed E-state index contributed by atoms with van der Waals surface area (Å²) in [6.07, 6.45) is 1.82. The maximum atomic E-state index is 12.4. The van der Waals surface area contributed by atoms with Crippen LogP contribution in [-0.2, 0) is 5.41 Å². The Balaban J connectivity index is 1.33. The van der Waals surface area contributed by atoms with Gasteiger partial charge in [0.05, 0.1) is 28.0 Å². The summed E-state index contributed by atoms with van der Waals surface area (Å²) < 4.78 is 25.9. The number of phenols is 1. The summed E-state index contributed by atoms with van der Waals surface area (Å²) in [7, 11) is 0. The average molecular weight is 839 g/mol.